The molecule has 0 aromatic heterocycles. The van der Waals surface area contributed by atoms with E-state index in [2.05, 4.69) is 24.1 Å². The van der Waals surface area contributed by atoms with Crippen molar-refractivity contribution in [3.63, 3.8) is 0 Å². The fraction of sp³-hybridized carbons (Fsp3) is 0.750. The Morgan fingerprint density at radius 3 is 2.61 bits per heavy atom. The minimum absolute atomic E-state index is 0.171. The highest BCUT2D eigenvalue weighted by Crippen LogP contribution is 2.46. The van der Waals surface area contributed by atoms with Crippen LogP contribution in [-0.4, -0.2) is 48.4 Å². The van der Waals surface area contributed by atoms with Crippen molar-refractivity contribution in [1.82, 2.24) is 10.2 Å². The van der Waals surface area contributed by atoms with Gasteiger partial charge < -0.3 is 15.2 Å². The minimum Gasteiger partial charge on any atom is -0.508 e. The van der Waals surface area contributed by atoms with Crippen molar-refractivity contribution in [2.45, 2.75) is 77.2 Å². The highest BCUT2D eigenvalue weighted by atomic mass is 19.4. The first-order valence-electron chi connectivity index (χ1n) is 11.6. The summed E-state index contributed by atoms with van der Waals surface area (Å²) in [7, 11) is 0. The minimum atomic E-state index is -4.44. The Hall–Kier alpha value is -1.31. The van der Waals surface area contributed by atoms with Crippen LogP contribution in [0.25, 0.3) is 0 Å². The third kappa shape index (κ3) is 5.04. The Bertz CT molecular complexity index is 777. The molecule has 1 saturated carbocycles. The molecule has 0 unspecified atom stereocenters. The number of halogens is 3. The Kier molecular flexibility index (Phi) is 6.57. The van der Waals surface area contributed by atoms with E-state index in [9.17, 15) is 18.3 Å². The molecular formula is C24H35F3N2O2. The largest absolute Gasteiger partial charge is 0.508 e. The Morgan fingerprint density at radius 2 is 1.94 bits per heavy atom. The summed E-state index contributed by atoms with van der Waals surface area (Å²) in [5.41, 5.74) is 0.704. The second-order valence-corrected chi connectivity index (χ2v) is 10.1. The highest BCUT2D eigenvalue weighted by molar-refractivity contribution is 5.45. The number of phenolic OH excluding ortho intramolecular Hbond substituents is 1. The molecule has 2 fully saturated rings. The van der Waals surface area contributed by atoms with Gasteiger partial charge in [-0.2, -0.15) is 13.2 Å². The second kappa shape index (κ2) is 8.91. The van der Waals surface area contributed by atoms with E-state index in [1.807, 2.05) is 0 Å². The summed E-state index contributed by atoms with van der Waals surface area (Å²) >= 11 is 0. The molecule has 2 N–H and O–H groups in total. The summed E-state index contributed by atoms with van der Waals surface area (Å²) in [5.74, 6) is 0.287. The van der Waals surface area contributed by atoms with E-state index >= 15 is 0 Å². The molecule has 1 aromatic rings. The molecule has 0 bridgehead atoms. The predicted octanol–water partition coefficient (Wildman–Crippen LogP) is 4.73. The number of hydrogen-bond donors (Lipinski definition) is 2. The molecule has 1 aromatic carbocycles. The van der Waals surface area contributed by atoms with Gasteiger partial charge >= 0.3 is 6.18 Å². The lowest BCUT2D eigenvalue weighted by Crippen LogP contribution is -2.44. The Balaban J connectivity index is 1.44. The lowest BCUT2D eigenvalue weighted by atomic mass is 9.74. The summed E-state index contributed by atoms with van der Waals surface area (Å²) in [5, 5.41) is 14.0. The average Bonchev–Trinajstić information content (AvgIpc) is 3.11. The van der Waals surface area contributed by atoms with Crippen LogP contribution in [0.15, 0.2) is 12.1 Å². The fourth-order valence-corrected chi connectivity index (χ4v) is 5.83. The monoisotopic (exact) mass is 440 g/mol. The SMILES string of the molecule is CC(C)[C@]1(CN2CCc3c(O)cc(C(F)(F)F)cc3C2)CC[C@@H](NC2CCOCC2)C1. The summed E-state index contributed by atoms with van der Waals surface area (Å²) in [6, 6.07) is 3.14. The number of phenols is 1. The third-order valence-corrected chi connectivity index (χ3v) is 7.82. The van der Waals surface area contributed by atoms with Crippen LogP contribution >= 0.6 is 0 Å². The molecule has 2 heterocycles. The van der Waals surface area contributed by atoms with Crippen LogP contribution in [0.1, 0.15) is 62.6 Å². The molecule has 31 heavy (non-hydrogen) atoms. The average molecular weight is 441 g/mol. The Morgan fingerprint density at radius 1 is 1.19 bits per heavy atom. The van der Waals surface area contributed by atoms with Gasteiger partial charge in [-0.15, -0.1) is 0 Å². The number of aromatic hydroxyl groups is 1. The lowest BCUT2D eigenvalue weighted by molar-refractivity contribution is -0.137. The zero-order valence-corrected chi connectivity index (χ0v) is 18.6. The Labute approximate surface area is 183 Å². The standard InChI is InChI=1S/C24H35F3N2O2/c1-16(2)23(7-3-20(13-23)28-19-5-9-31-10-6-19)15-29-8-4-21-17(14-29)11-18(12-22(21)30)24(25,26)27/h11-12,16,19-20,28,30H,3-10,13-15H2,1-2H3/t20-,23-/m1/s1. The van der Waals surface area contributed by atoms with E-state index in [1.165, 1.54) is 6.07 Å². The van der Waals surface area contributed by atoms with Gasteiger partial charge in [-0.25, -0.2) is 0 Å². The first-order valence-corrected chi connectivity index (χ1v) is 11.6. The van der Waals surface area contributed by atoms with Crippen LogP contribution in [-0.2, 0) is 23.9 Å². The number of rotatable bonds is 5. The topological polar surface area (TPSA) is 44.7 Å². The molecular weight excluding hydrogens is 405 g/mol. The van der Waals surface area contributed by atoms with Crippen molar-refractivity contribution in [3.05, 3.63) is 28.8 Å². The maximum atomic E-state index is 13.2. The van der Waals surface area contributed by atoms with E-state index < -0.39 is 11.7 Å². The fourth-order valence-electron chi connectivity index (χ4n) is 5.83. The van der Waals surface area contributed by atoms with Crippen molar-refractivity contribution in [3.8, 4) is 5.75 Å². The van der Waals surface area contributed by atoms with Gasteiger partial charge in [0.2, 0.25) is 0 Å². The number of nitrogens with one attached hydrogen (secondary N) is 1. The number of benzene rings is 1. The summed E-state index contributed by atoms with van der Waals surface area (Å²) in [6.45, 7) is 8.37. The summed E-state index contributed by atoms with van der Waals surface area (Å²) < 4.78 is 45.2. The van der Waals surface area contributed by atoms with Crippen LogP contribution in [0.2, 0.25) is 0 Å². The van der Waals surface area contributed by atoms with Gasteiger partial charge in [0.05, 0.1) is 5.56 Å². The molecule has 1 aliphatic carbocycles. The number of hydrogen-bond acceptors (Lipinski definition) is 4. The van der Waals surface area contributed by atoms with Crippen molar-refractivity contribution in [1.29, 1.82) is 0 Å². The third-order valence-electron chi connectivity index (χ3n) is 7.82. The normalized spacial score (nSPS) is 28.3. The zero-order valence-electron chi connectivity index (χ0n) is 18.6. The van der Waals surface area contributed by atoms with Crippen molar-refractivity contribution in [2.24, 2.45) is 11.3 Å². The lowest BCUT2D eigenvalue weighted by Gasteiger charge is -2.41. The van der Waals surface area contributed by atoms with E-state index in [0.717, 1.165) is 64.5 Å². The number of ether oxygens (including phenoxy) is 1. The molecule has 4 nitrogen and oxygen atoms in total. The molecule has 2 aliphatic heterocycles. The van der Waals surface area contributed by atoms with Gasteiger partial charge in [0.25, 0.3) is 0 Å². The van der Waals surface area contributed by atoms with Gasteiger partial charge in [0.1, 0.15) is 5.75 Å². The maximum absolute atomic E-state index is 13.2. The first kappa shape index (κ1) is 22.9. The van der Waals surface area contributed by atoms with Crippen molar-refractivity contribution < 1.29 is 23.0 Å². The van der Waals surface area contributed by atoms with Gasteiger partial charge in [-0.1, -0.05) is 13.8 Å². The first-order chi connectivity index (χ1) is 14.7. The van der Waals surface area contributed by atoms with Gasteiger partial charge in [-0.3, -0.25) is 4.90 Å². The maximum Gasteiger partial charge on any atom is 0.416 e. The van der Waals surface area contributed by atoms with E-state index in [4.69, 9.17) is 4.74 Å². The zero-order chi connectivity index (χ0) is 22.2. The molecule has 7 heteroatoms. The van der Waals surface area contributed by atoms with Crippen LogP contribution in [0.5, 0.6) is 5.75 Å². The van der Waals surface area contributed by atoms with Crippen LogP contribution in [0.4, 0.5) is 13.2 Å². The molecule has 0 spiro atoms. The molecule has 2 atom stereocenters. The molecule has 4 rings (SSSR count). The predicted molar refractivity (Wildman–Crippen MR) is 114 cm³/mol. The van der Waals surface area contributed by atoms with Crippen LogP contribution in [0.3, 0.4) is 0 Å². The van der Waals surface area contributed by atoms with Gasteiger partial charge in [0.15, 0.2) is 0 Å². The molecule has 0 amide bonds. The van der Waals surface area contributed by atoms with Gasteiger partial charge in [0, 0.05) is 44.9 Å². The smallest absolute Gasteiger partial charge is 0.416 e. The summed E-state index contributed by atoms with van der Waals surface area (Å²) in [6.07, 6.45) is 1.69. The number of fused-ring (bicyclic) bond motifs is 1. The quantitative estimate of drug-likeness (QED) is 0.695. The number of nitrogens with zero attached hydrogens (tertiary/aromatic N) is 1. The molecule has 0 radical (unpaired) electrons. The van der Waals surface area contributed by atoms with E-state index in [1.54, 1.807) is 0 Å². The van der Waals surface area contributed by atoms with Crippen LogP contribution in [0, 0.1) is 11.3 Å². The summed E-state index contributed by atoms with van der Waals surface area (Å²) in [4.78, 5) is 2.30. The van der Waals surface area contributed by atoms with Crippen LogP contribution < -0.4 is 5.32 Å². The molecule has 1 saturated heterocycles. The molecule has 3 aliphatic rings. The van der Waals surface area contributed by atoms with E-state index in [-0.39, 0.29) is 11.2 Å². The molecule has 174 valence electrons. The number of alkyl halides is 3. The van der Waals surface area contributed by atoms with Crippen molar-refractivity contribution in [2.75, 3.05) is 26.3 Å². The van der Waals surface area contributed by atoms with Gasteiger partial charge in [-0.05, 0) is 73.1 Å². The highest BCUT2D eigenvalue weighted by Gasteiger charge is 2.43. The second-order valence-electron chi connectivity index (χ2n) is 10.1. The van der Waals surface area contributed by atoms with E-state index in [0.29, 0.717) is 42.1 Å². The van der Waals surface area contributed by atoms with Crippen molar-refractivity contribution >= 4 is 0 Å².